The van der Waals surface area contributed by atoms with Gasteiger partial charge in [0, 0.05) is 31.1 Å². The van der Waals surface area contributed by atoms with E-state index in [0.29, 0.717) is 18.9 Å². The Morgan fingerprint density at radius 2 is 1.84 bits per heavy atom. The van der Waals surface area contributed by atoms with Gasteiger partial charge >= 0.3 is 0 Å². The molecule has 1 saturated heterocycles. The molecule has 1 atom stereocenters. The predicted molar refractivity (Wildman–Crippen MR) is 102 cm³/mol. The number of amides is 1. The molecule has 0 aliphatic carbocycles. The molecule has 0 aromatic heterocycles. The molecule has 2 aromatic rings. The van der Waals surface area contributed by atoms with Crippen LogP contribution in [0.3, 0.4) is 0 Å². The van der Waals surface area contributed by atoms with Gasteiger partial charge in [0.25, 0.3) is 0 Å². The lowest BCUT2D eigenvalue weighted by atomic mass is 10.2. The highest BCUT2D eigenvalue weighted by Gasteiger charge is 2.21. The van der Waals surface area contributed by atoms with Crippen LogP contribution in [0, 0.1) is 0 Å². The minimum Gasteiger partial charge on any atom is -0.374 e. The highest BCUT2D eigenvalue weighted by Crippen LogP contribution is 2.16. The second-order valence-corrected chi connectivity index (χ2v) is 7.17. The quantitative estimate of drug-likeness (QED) is 0.775. The second kappa shape index (κ2) is 9.61. The van der Waals surface area contributed by atoms with Crippen molar-refractivity contribution in [3.63, 3.8) is 0 Å². The van der Waals surface area contributed by atoms with E-state index in [1.807, 2.05) is 36.4 Å². The van der Waals surface area contributed by atoms with Crippen molar-refractivity contribution in [1.82, 2.24) is 10.2 Å². The van der Waals surface area contributed by atoms with Gasteiger partial charge in [0.2, 0.25) is 5.91 Å². The van der Waals surface area contributed by atoms with Crippen molar-refractivity contribution in [2.75, 3.05) is 32.0 Å². The number of thioether (sulfide) groups is 1. The van der Waals surface area contributed by atoms with Gasteiger partial charge in [-0.25, -0.2) is 0 Å². The molecule has 1 aliphatic heterocycles. The molecule has 2 aromatic carbocycles. The number of nitrogens with zero attached hydrogens (tertiary/aromatic N) is 1. The Bertz CT molecular complexity index is 651. The van der Waals surface area contributed by atoms with Gasteiger partial charge in [0.1, 0.15) is 0 Å². The fourth-order valence-electron chi connectivity index (χ4n) is 2.83. The third kappa shape index (κ3) is 6.20. The van der Waals surface area contributed by atoms with Crippen LogP contribution in [0.1, 0.15) is 5.56 Å². The van der Waals surface area contributed by atoms with Crippen LogP contribution < -0.4 is 5.32 Å². The van der Waals surface area contributed by atoms with Crippen LogP contribution in [0.5, 0.6) is 0 Å². The first-order valence-electron chi connectivity index (χ1n) is 8.62. The highest BCUT2D eigenvalue weighted by atomic mass is 32.2. The number of nitrogens with one attached hydrogen (secondary N) is 1. The van der Waals surface area contributed by atoms with Crippen molar-refractivity contribution in [2.24, 2.45) is 0 Å². The van der Waals surface area contributed by atoms with E-state index in [0.717, 1.165) is 24.5 Å². The van der Waals surface area contributed by atoms with Crippen LogP contribution in [0.4, 0.5) is 0 Å². The Hall–Kier alpha value is -1.82. The fraction of sp³-hybridized carbons (Fsp3) is 0.350. The van der Waals surface area contributed by atoms with Crippen LogP contribution in [0.2, 0.25) is 0 Å². The third-order valence-electron chi connectivity index (χ3n) is 4.11. The third-order valence-corrected chi connectivity index (χ3v) is 5.12. The summed E-state index contributed by atoms with van der Waals surface area (Å²) in [7, 11) is 0. The summed E-state index contributed by atoms with van der Waals surface area (Å²) < 4.78 is 5.80. The number of carbonyl (C=O) groups is 1. The maximum Gasteiger partial charge on any atom is 0.230 e. The number of carbonyl (C=O) groups excluding carboxylic acids is 1. The fourth-order valence-corrected chi connectivity index (χ4v) is 3.58. The normalized spacial score (nSPS) is 18.0. The topological polar surface area (TPSA) is 41.6 Å². The molecule has 0 saturated carbocycles. The first kappa shape index (κ1) is 18.0. The van der Waals surface area contributed by atoms with E-state index in [1.165, 1.54) is 5.56 Å². The van der Waals surface area contributed by atoms with Crippen LogP contribution in [0.25, 0.3) is 0 Å². The smallest absolute Gasteiger partial charge is 0.230 e. The van der Waals surface area contributed by atoms with Crippen molar-refractivity contribution < 1.29 is 9.53 Å². The molecule has 0 bridgehead atoms. The molecule has 5 heteroatoms. The number of rotatable bonds is 7. The van der Waals surface area contributed by atoms with Crippen molar-refractivity contribution in [3.8, 4) is 0 Å². The molecule has 4 nitrogen and oxygen atoms in total. The minimum atomic E-state index is 0.0534. The van der Waals surface area contributed by atoms with Gasteiger partial charge in [-0.2, -0.15) is 0 Å². The van der Waals surface area contributed by atoms with Crippen molar-refractivity contribution >= 4 is 17.7 Å². The zero-order chi connectivity index (χ0) is 17.3. The Morgan fingerprint density at radius 1 is 1.12 bits per heavy atom. The van der Waals surface area contributed by atoms with E-state index < -0.39 is 0 Å². The van der Waals surface area contributed by atoms with E-state index >= 15 is 0 Å². The summed E-state index contributed by atoms with van der Waals surface area (Å²) in [4.78, 5) is 15.5. The second-order valence-electron chi connectivity index (χ2n) is 6.12. The summed E-state index contributed by atoms with van der Waals surface area (Å²) in [5.74, 6) is 0.488. The molecule has 1 N–H and O–H groups in total. The molecule has 1 heterocycles. The predicted octanol–water partition coefficient (Wildman–Crippen LogP) is 2.80. The van der Waals surface area contributed by atoms with Crippen molar-refractivity contribution in [2.45, 2.75) is 17.5 Å². The van der Waals surface area contributed by atoms with Gasteiger partial charge in [-0.15, -0.1) is 11.8 Å². The maximum absolute atomic E-state index is 12.0. The molecule has 1 aliphatic rings. The van der Waals surface area contributed by atoms with Crippen molar-refractivity contribution in [1.29, 1.82) is 0 Å². The van der Waals surface area contributed by atoms with Gasteiger partial charge in [-0.3, -0.25) is 9.69 Å². The van der Waals surface area contributed by atoms with Gasteiger partial charge in [0.15, 0.2) is 0 Å². The van der Waals surface area contributed by atoms with Crippen LogP contribution in [-0.2, 0) is 16.1 Å². The molecule has 3 rings (SSSR count). The standard InChI is InChI=1S/C20H24N2O2S/c23-20(16-25-19-9-5-2-6-10-19)21-13-18-15-22(11-12-24-18)14-17-7-3-1-4-8-17/h1-10,18H,11-16H2,(H,21,23)/t18-/m1/s1. The van der Waals surface area contributed by atoms with E-state index in [4.69, 9.17) is 4.74 Å². The average Bonchev–Trinajstić information content (AvgIpc) is 2.67. The van der Waals surface area contributed by atoms with Gasteiger partial charge in [-0.1, -0.05) is 48.5 Å². The summed E-state index contributed by atoms with van der Waals surface area (Å²) in [5.41, 5.74) is 1.31. The zero-order valence-corrected chi connectivity index (χ0v) is 15.1. The van der Waals surface area contributed by atoms with E-state index in [1.54, 1.807) is 11.8 Å². The zero-order valence-electron chi connectivity index (χ0n) is 14.3. The molecule has 0 unspecified atom stereocenters. The van der Waals surface area contributed by atoms with Gasteiger partial charge in [-0.05, 0) is 17.7 Å². The molecule has 1 fully saturated rings. The largest absolute Gasteiger partial charge is 0.374 e. The maximum atomic E-state index is 12.0. The minimum absolute atomic E-state index is 0.0534. The highest BCUT2D eigenvalue weighted by molar-refractivity contribution is 8.00. The lowest BCUT2D eigenvalue weighted by Gasteiger charge is -2.33. The molecule has 1 amide bonds. The Kier molecular flexibility index (Phi) is 6.91. The average molecular weight is 356 g/mol. The Labute approximate surface area is 153 Å². The summed E-state index contributed by atoms with van der Waals surface area (Å²) >= 11 is 1.55. The summed E-state index contributed by atoms with van der Waals surface area (Å²) in [5, 5.41) is 3.00. The van der Waals surface area contributed by atoms with Crippen LogP contribution >= 0.6 is 11.8 Å². The van der Waals surface area contributed by atoms with E-state index in [2.05, 4.69) is 34.5 Å². The van der Waals surface area contributed by atoms with Gasteiger partial charge < -0.3 is 10.1 Å². The number of hydrogen-bond acceptors (Lipinski definition) is 4. The summed E-state index contributed by atoms with van der Waals surface area (Å²) in [6, 6.07) is 20.4. The van der Waals surface area contributed by atoms with Crippen molar-refractivity contribution in [3.05, 3.63) is 66.2 Å². The monoisotopic (exact) mass is 356 g/mol. The molecule has 132 valence electrons. The van der Waals surface area contributed by atoms with E-state index in [9.17, 15) is 4.79 Å². The molecular weight excluding hydrogens is 332 g/mol. The summed E-state index contributed by atoms with van der Waals surface area (Å²) in [6.45, 7) is 3.99. The molecule has 0 radical (unpaired) electrons. The Morgan fingerprint density at radius 3 is 2.60 bits per heavy atom. The summed E-state index contributed by atoms with van der Waals surface area (Å²) in [6.07, 6.45) is 0.0585. The molecule has 25 heavy (non-hydrogen) atoms. The Balaban J connectivity index is 1.38. The SMILES string of the molecule is O=C(CSc1ccccc1)NC[C@@H]1CN(Cc2ccccc2)CCO1. The number of ether oxygens (including phenoxy) is 1. The lowest BCUT2D eigenvalue weighted by molar-refractivity contribution is -0.119. The lowest BCUT2D eigenvalue weighted by Crippen LogP contribution is -2.47. The number of benzene rings is 2. The van der Waals surface area contributed by atoms with Crippen LogP contribution in [-0.4, -0.2) is 48.9 Å². The first-order chi connectivity index (χ1) is 12.3. The van der Waals surface area contributed by atoms with Gasteiger partial charge in [0.05, 0.1) is 18.5 Å². The molecule has 0 spiro atoms. The first-order valence-corrected chi connectivity index (χ1v) is 9.60. The number of morpholine rings is 1. The number of hydrogen-bond donors (Lipinski definition) is 1. The molecular formula is C20H24N2O2S. The van der Waals surface area contributed by atoms with Crippen LogP contribution in [0.15, 0.2) is 65.6 Å². The van der Waals surface area contributed by atoms with E-state index in [-0.39, 0.29) is 12.0 Å².